The minimum atomic E-state index is -0.139. The van der Waals surface area contributed by atoms with Crippen LogP contribution in [0.2, 0.25) is 0 Å². The lowest BCUT2D eigenvalue weighted by atomic mass is 9.97. The molecule has 130 valence electrons. The standard InChI is InChI=1S/C17H25N5OS/c1-17(2,3)15-21-14(22-23-15)12-20-16(18-4)19-10-11-24-13-8-6-5-7-9-13/h5-9H,10-12H2,1-4H3,(H2,18,19,20). The molecular formula is C17H25N5OS. The summed E-state index contributed by atoms with van der Waals surface area (Å²) in [4.78, 5) is 9.87. The predicted octanol–water partition coefficient (Wildman–Crippen LogP) is 2.82. The highest BCUT2D eigenvalue weighted by molar-refractivity contribution is 7.99. The second kappa shape index (κ2) is 8.73. The third kappa shape index (κ3) is 5.88. The number of guanidine groups is 1. The number of rotatable bonds is 6. The Morgan fingerprint density at radius 3 is 2.58 bits per heavy atom. The molecule has 0 aliphatic carbocycles. The summed E-state index contributed by atoms with van der Waals surface area (Å²) in [6.45, 7) is 7.43. The van der Waals surface area contributed by atoms with Crippen LogP contribution in [-0.4, -0.2) is 35.4 Å². The van der Waals surface area contributed by atoms with Crippen molar-refractivity contribution in [1.82, 2.24) is 20.8 Å². The molecule has 0 unspecified atom stereocenters. The molecule has 0 aliphatic heterocycles. The van der Waals surface area contributed by atoms with E-state index in [2.05, 4.69) is 37.9 Å². The molecule has 7 heteroatoms. The minimum absolute atomic E-state index is 0.139. The molecule has 0 amide bonds. The Balaban J connectivity index is 1.71. The van der Waals surface area contributed by atoms with E-state index in [1.807, 2.05) is 50.7 Å². The van der Waals surface area contributed by atoms with E-state index >= 15 is 0 Å². The first-order chi connectivity index (χ1) is 11.5. The van der Waals surface area contributed by atoms with E-state index < -0.39 is 0 Å². The SMILES string of the molecule is CN=C(NCCSc1ccccc1)NCc1noc(C(C)(C)C)n1. The van der Waals surface area contributed by atoms with Gasteiger partial charge in [0.25, 0.3) is 0 Å². The molecule has 1 aromatic carbocycles. The Bertz CT molecular complexity index is 649. The van der Waals surface area contributed by atoms with Crippen LogP contribution in [0.25, 0.3) is 0 Å². The number of nitrogens with one attached hydrogen (secondary N) is 2. The highest BCUT2D eigenvalue weighted by Crippen LogP contribution is 2.19. The van der Waals surface area contributed by atoms with Gasteiger partial charge in [0.1, 0.15) is 0 Å². The van der Waals surface area contributed by atoms with Gasteiger partial charge in [0.2, 0.25) is 5.89 Å². The van der Waals surface area contributed by atoms with Gasteiger partial charge in [-0.1, -0.05) is 44.1 Å². The van der Waals surface area contributed by atoms with Gasteiger partial charge >= 0.3 is 0 Å². The highest BCUT2D eigenvalue weighted by atomic mass is 32.2. The third-order valence-corrected chi connectivity index (χ3v) is 4.17. The van der Waals surface area contributed by atoms with E-state index in [0.29, 0.717) is 18.3 Å². The highest BCUT2D eigenvalue weighted by Gasteiger charge is 2.21. The van der Waals surface area contributed by atoms with Gasteiger partial charge < -0.3 is 15.2 Å². The number of nitrogens with zero attached hydrogens (tertiary/aromatic N) is 3. The zero-order chi connectivity index (χ0) is 17.4. The Hall–Kier alpha value is -2.02. The van der Waals surface area contributed by atoms with Gasteiger partial charge in [-0.3, -0.25) is 4.99 Å². The molecule has 6 nitrogen and oxygen atoms in total. The van der Waals surface area contributed by atoms with Gasteiger partial charge in [0.15, 0.2) is 11.8 Å². The fourth-order valence-electron chi connectivity index (χ4n) is 1.87. The number of thioether (sulfide) groups is 1. The normalized spacial score (nSPS) is 12.2. The van der Waals surface area contributed by atoms with Crippen LogP contribution in [0.5, 0.6) is 0 Å². The Morgan fingerprint density at radius 2 is 1.96 bits per heavy atom. The molecule has 2 aromatic rings. The summed E-state index contributed by atoms with van der Waals surface area (Å²) in [6.07, 6.45) is 0. The monoisotopic (exact) mass is 347 g/mol. The van der Waals surface area contributed by atoms with Crippen molar-refractivity contribution in [3.63, 3.8) is 0 Å². The molecule has 0 atom stereocenters. The van der Waals surface area contributed by atoms with Gasteiger partial charge in [-0.15, -0.1) is 11.8 Å². The summed E-state index contributed by atoms with van der Waals surface area (Å²) in [5.74, 6) is 2.95. The molecule has 0 radical (unpaired) electrons. The van der Waals surface area contributed by atoms with Gasteiger partial charge in [-0.2, -0.15) is 4.98 Å². The predicted molar refractivity (Wildman–Crippen MR) is 98.4 cm³/mol. The van der Waals surface area contributed by atoms with Gasteiger partial charge in [0.05, 0.1) is 6.54 Å². The third-order valence-electron chi connectivity index (χ3n) is 3.15. The van der Waals surface area contributed by atoms with E-state index in [9.17, 15) is 0 Å². The number of hydrogen-bond donors (Lipinski definition) is 2. The largest absolute Gasteiger partial charge is 0.356 e. The van der Waals surface area contributed by atoms with Crippen molar-refractivity contribution in [2.24, 2.45) is 4.99 Å². The average molecular weight is 347 g/mol. The summed E-state index contributed by atoms with van der Waals surface area (Å²) < 4.78 is 5.28. The maximum atomic E-state index is 5.28. The Morgan fingerprint density at radius 1 is 1.21 bits per heavy atom. The van der Waals surface area contributed by atoms with Crippen LogP contribution < -0.4 is 10.6 Å². The molecule has 1 heterocycles. The van der Waals surface area contributed by atoms with Crippen molar-refractivity contribution in [3.8, 4) is 0 Å². The molecule has 2 N–H and O–H groups in total. The van der Waals surface area contributed by atoms with Gasteiger partial charge in [0, 0.05) is 29.7 Å². The number of hydrogen-bond acceptors (Lipinski definition) is 5. The van der Waals surface area contributed by atoms with Crippen LogP contribution in [0.4, 0.5) is 0 Å². The molecule has 2 rings (SSSR count). The molecule has 0 spiro atoms. The number of aromatic nitrogens is 2. The maximum absolute atomic E-state index is 5.28. The van der Waals surface area contributed by atoms with Crippen molar-refractivity contribution < 1.29 is 4.52 Å². The minimum Gasteiger partial charge on any atom is -0.356 e. The van der Waals surface area contributed by atoms with Crippen molar-refractivity contribution in [2.75, 3.05) is 19.3 Å². The first-order valence-corrected chi connectivity index (χ1v) is 8.93. The summed E-state index contributed by atoms with van der Waals surface area (Å²) in [5, 5.41) is 10.5. The average Bonchev–Trinajstić information content (AvgIpc) is 3.04. The molecule has 0 aliphatic rings. The second-order valence-electron chi connectivity index (χ2n) is 6.28. The Labute approximate surface area is 147 Å². The first-order valence-electron chi connectivity index (χ1n) is 7.94. The van der Waals surface area contributed by atoms with Crippen molar-refractivity contribution in [2.45, 2.75) is 37.6 Å². The molecule has 0 saturated heterocycles. The van der Waals surface area contributed by atoms with Crippen LogP contribution in [0.3, 0.4) is 0 Å². The molecule has 24 heavy (non-hydrogen) atoms. The van der Waals surface area contributed by atoms with E-state index in [1.54, 1.807) is 7.05 Å². The van der Waals surface area contributed by atoms with Crippen LogP contribution in [-0.2, 0) is 12.0 Å². The summed E-state index contributed by atoms with van der Waals surface area (Å²) >= 11 is 1.81. The topological polar surface area (TPSA) is 75.3 Å². The van der Waals surface area contributed by atoms with Crippen LogP contribution >= 0.6 is 11.8 Å². The lowest BCUT2D eigenvalue weighted by Crippen LogP contribution is -2.38. The van der Waals surface area contributed by atoms with Crippen LogP contribution in [0.15, 0.2) is 44.7 Å². The van der Waals surface area contributed by atoms with E-state index in [-0.39, 0.29) is 5.41 Å². The second-order valence-corrected chi connectivity index (χ2v) is 7.45. The summed E-state index contributed by atoms with van der Waals surface area (Å²) in [6, 6.07) is 10.3. The fourth-order valence-corrected chi connectivity index (χ4v) is 2.66. The molecule has 1 aromatic heterocycles. The lowest BCUT2D eigenvalue weighted by Gasteiger charge is -2.11. The van der Waals surface area contributed by atoms with E-state index in [0.717, 1.165) is 18.3 Å². The lowest BCUT2D eigenvalue weighted by molar-refractivity contribution is 0.318. The molecule has 0 fully saturated rings. The number of benzene rings is 1. The molecule has 0 saturated carbocycles. The zero-order valence-corrected chi connectivity index (χ0v) is 15.5. The van der Waals surface area contributed by atoms with Crippen molar-refractivity contribution in [1.29, 1.82) is 0 Å². The van der Waals surface area contributed by atoms with Crippen LogP contribution in [0.1, 0.15) is 32.5 Å². The molecular weight excluding hydrogens is 322 g/mol. The smallest absolute Gasteiger partial charge is 0.232 e. The van der Waals surface area contributed by atoms with Crippen molar-refractivity contribution in [3.05, 3.63) is 42.0 Å². The maximum Gasteiger partial charge on any atom is 0.232 e. The first kappa shape index (κ1) is 18.3. The zero-order valence-electron chi connectivity index (χ0n) is 14.7. The van der Waals surface area contributed by atoms with Gasteiger partial charge in [-0.05, 0) is 12.1 Å². The quantitative estimate of drug-likeness (QED) is 0.362. The van der Waals surface area contributed by atoms with E-state index in [4.69, 9.17) is 4.52 Å². The Kier molecular flexibility index (Phi) is 6.66. The fraction of sp³-hybridized carbons (Fsp3) is 0.471. The van der Waals surface area contributed by atoms with Crippen LogP contribution in [0, 0.1) is 0 Å². The van der Waals surface area contributed by atoms with Gasteiger partial charge in [-0.25, -0.2) is 0 Å². The summed E-state index contributed by atoms with van der Waals surface area (Å²) in [5.41, 5.74) is -0.139. The molecule has 0 bridgehead atoms. The number of aliphatic imine (C=N–C) groups is 1. The van der Waals surface area contributed by atoms with Crippen molar-refractivity contribution >= 4 is 17.7 Å². The summed E-state index contributed by atoms with van der Waals surface area (Å²) in [7, 11) is 1.75. The van der Waals surface area contributed by atoms with E-state index in [1.165, 1.54) is 4.90 Å².